The second-order valence-corrected chi connectivity index (χ2v) is 16.8. The lowest BCUT2D eigenvalue weighted by Crippen LogP contribution is -1.90. The molecule has 0 aliphatic heterocycles. The molecular formula is C48H26S3. The summed E-state index contributed by atoms with van der Waals surface area (Å²) in [4.78, 5) is 0. The second-order valence-electron chi connectivity index (χ2n) is 13.5. The summed E-state index contributed by atoms with van der Waals surface area (Å²) in [5.74, 6) is 0. The van der Waals surface area contributed by atoms with Crippen LogP contribution in [0.3, 0.4) is 0 Å². The summed E-state index contributed by atoms with van der Waals surface area (Å²) in [6.07, 6.45) is 0. The Kier molecular flexibility index (Phi) is 5.78. The maximum atomic E-state index is 2.45. The van der Waals surface area contributed by atoms with Gasteiger partial charge in [0.05, 0.1) is 0 Å². The number of benzene rings is 9. The monoisotopic (exact) mass is 698 g/mol. The number of rotatable bonds is 2. The molecule has 51 heavy (non-hydrogen) atoms. The maximum Gasteiger partial charge on any atom is 0.0434 e. The van der Waals surface area contributed by atoms with Crippen LogP contribution in [-0.4, -0.2) is 0 Å². The van der Waals surface area contributed by atoms with Gasteiger partial charge in [-0.15, -0.1) is 34.0 Å². The molecule has 0 aliphatic carbocycles. The van der Waals surface area contributed by atoms with Gasteiger partial charge in [0.2, 0.25) is 0 Å². The molecule has 0 aliphatic rings. The molecule has 12 aromatic rings. The topological polar surface area (TPSA) is 0 Å². The zero-order valence-electron chi connectivity index (χ0n) is 27.2. The Labute approximate surface area is 305 Å². The van der Waals surface area contributed by atoms with E-state index in [1.54, 1.807) is 0 Å². The van der Waals surface area contributed by atoms with Crippen molar-refractivity contribution in [3.63, 3.8) is 0 Å². The van der Waals surface area contributed by atoms with Gasteiger partial charge >= 0.3 is 0 Å². The molecule has 0 amide bonds. The molecule has 3 heterocycles. The highest BCUT2D eigenvalue weighted by Gasteiger charge is 2.19. The minimum Gasteiger partial charge on any atom is -0.135 e. The van der Waals surface area contributed by atoms with Crippen molar-refractivity contribution in [2.45, 2.75) is 0 Å². The standard InChI is InChI=1S/C48H26S3/c1-3-12-33-31(10-1)45(32-11-2-4-13-34(32)46(33)28-17-19-30-29-9-5-7-15-40(29)50-44(30)26-28)27-18-23-42-39(25-27)37-21-20-35-36(48(37)51-42)22-24-43-47(35)38-14-6-8-16-41(38)49-43/h1-26H. The maximum absolute atomic E-state index is 2.45. The number of thiophene rings is 3. The van der Waals surface area contributed by atoms with Gasteiger partial charge in [-0.25, -0.2) is 0 Å². The fraction of sp³-hybridized carbons (Fsp3) is 0. The SMILES string of the molecule is c1ccc2c(c1)sc1cc(-c3c4ccccc4c(-c4ccc5sc6c(ccc7c6ccc6sc8ccccc8c67)c5c4)c4ccccc34)ccc12. The molecule has 0 radical (unpaired) electrons. The first-order chi connectivity index (χ1) is 25.3. The average Bonchev–Trinajstić information content (AvgIpc) is 3.87. The highest BCUT2D eigenvalue weighted by Crippen LogP contribution is 2.48. The van der Waals surface area contributed by atoms with Gasteiger partial charge in [-0.2, -0.15) is 0 Å². The van der Waals surface area contributed by atoms with E-state index >= 15 is 0 Å². The summed E-state index contributed by atoms with van der Waals surface area (Å²) in [5.41, 5.74) is 5.15. The van der Waals surface area contributed by atoms with Crippen LogP contribution in [0.25, 0.3) is 115 Å². The van der Waals surface area contributed by atoms with Gasteiger partial charge in [0.25, 0.3) is 0 Å². The smallest absolute Gasteiger partial charge is 0.0434 e. The third-order valence-electron chi connectivity index (χ3n) is 10.9. The second kappa shape index (κ2) is 10.5. The highest BCUT2D eigenvalue weighted by molar-refractivity contribution is 7.27. The summed E-state index contributed by atoms with van der Waals surface area (Å²) >= 11 is 5.71. The van der Waals surface area contributed by atoms with Crippen LogP contribution in [0.4, 0.5) is 0 Å². The molecule has 0 nitrogen and oxygen atoms in total. The van der Waals surface area contributed by atoms with Crippen LogP contribution >= 0.6 is 34.0 Å². The molecule has 3 heteroatoms. The molecule has 12 rings (SSSR count). The van der Waals surface area contributed by atoms with Crippen LogP contribution in [-0.2, 0) is 0 Å². The summed E-state index contributed by atoms with van der Waals surface area (Å²) in [6, 6.07) is 59.3. The number of hydrogen-bond acceptors (Lipinski definition) is 3. The quantitative estimate of drug-likeness (QED) is 0.158. The van der Waals surface area contributed by atoms with Gasteiger partial charge in [-0.05, 0) is 85.6 Å². The summed E-state index contributed by atoms with van der Waals surface area (Å²) in [5, 5.41) is 16.0. The first kappa shape index (κ1) is 28.2. The van der Waals surface area contributed by atoms with Crippen molar-refractivity contribution in [2.75, 3.05) is 0 Å². The molecule has 236 valence electrons. The highest BCUT2D eigenvalue weighted by atomic mass is 32.1. The summed E-state index contributed by atoms with van der Waals surface area (Å²) in [6.45, 7) is 0. The van der Waals surface area contributed by atoms with E-state index < -0.39 is 0 Å². The van der Waals surface area contributed by atoms with Crippen molar-refractivity contribution in [3.05, 3.63) is 158 Å². The molecule has 0 spiro atoms. The van der Waals surface area contributed by atoms with E-state index in [9.17, 15) is 0 Å². The zero-order chi connectivity index (χ0) is 33.2. The lowest BCUT2D eigenvalue weighted by molar-refractivity contribution is 1.70. The van der Waals surface area contributed by atoms with Gasteiger partial charge in [0.15, 0.2) is 0 Å². The van der Waals surface area contributed by atoms with E-state index in [0.717, 1.165) is 0 Å². The molecular weight excluding hydrogens is 673 g/mol. The molecule has 0 saturated heterocycles. The molecule has 0 saturated carbocycles. The minimum atomic E-state index is 1.26. The van der Waals surface area contributed by atoms with Crippen molar-refractivity contribution in [1.82, 2.24) is 0 Å². The van der Waals surface area contributed by atoms with E-state index in [1.165, 1.54) is 115 Å². The van der Waals surface area contributed by atoms with Gasteiger partial charge in [0, 0.05) is 65.9 Å². The van der Waals surface area contributed by atoms with Crippen molar-refractivity contribution in [2.24, 2.45) is 0 Å². The first-order valence-corrected chi connectivity index (χ1v) is 19.8. The lowest BCUT2D eigenvalue weighted by Gasteiger charge is -2.18. The Hall–Kier alpha value is -5.58. The van der Waals surface area contributed by atoms with Crippen LogP contribution in [0, 0.1) is 0 Å². The molecule has 3 aromatic heterocycles. The Balaban J connectivity index is 1.10. The fourth-order valence-corrected chi connectivity index (χ4v) is 12.1. The zero-order valence-corrected chi connectivity index (χ0v) is 29.7. The van der Waals surface area contributed by atoms with Crippen LogP contribution < -0.4 is 0 Å². The van der Waals surface area contributed by atoms with Gasteiger partial charge < -0.3 is 0 Å². The third kappa shape index (κ3) is 3.94. The van der Waals surface area contributed by atoms with E-state index in [2.05, 4.69) is 158 Å². The predicted octanol–water partition coefficient (Wildman–Crippen LogP) is 15.6. The van der Waals surface area contributed by atoms with Crippen LogP contribution in [0.2, 0.25) is 0 Å². The third-order valence-corrected chi connectivity index (χ3v) is 14.3. The van der Waals surface area contributed by atoms with Crippen LogP contribution in [0.5, 0.6) is 0 Å². The predicted molar refractivity (Wildman–Crippen MR) is 228 cm³/mol. The fourth-order valence-electron chi connectivity index (χ4n) is 8.65. The molecule has 0 unspecified atom stereocenters. The van der Waals surface area contributed by atoms with Crippen LogP contribution in [0.1, 0.15) is 0 Å². The largest absolute Gasteiger partial charge is 0.135 e. The molecule has 0 bridgehead atoms. The normalized spacial score (nSPS) is 12.3. The van der Waals surface area contributed by atoms with Crippen molar-refractivity contribution in [1.29, 1.82) is 0 Å². The van der Waals surface area contributed by atoms with E-state index in [-0.39, 0.29) is 0 Å². The molecule has 0 fully saturated rings. The number of fused-ring (bicyclic) bond motifs is 14. The van der Waals surface area contributed by atoms with Gasteiger partial charge in [0.1, 0.15) is 0 Å². The van der Waals surface area contributed by atoms with E-state index in [1.807, 2.05) is 34.0 Å². The Morgan fingerprint density at radius 3 is 1.43 bits per heavy atom. The average molecular weight is 699 g/mol. The van der Waals surface area contributed by atoms with Crippen molar-refractivity contribution in [3.8, 4) is 22.3 Å². The molecule has 9 aromatic carbocycles. The first-order valence-electron chi connectivity index (χ1n) is 17.3. The minimum absolute atomic E-state index is 1.26. The van der Waals surface area contributed by atoms with Crippen molar-refractivity contribution >= 4 is 127 Å². The van der Waals surface area contributed by atoms with Crippen molar-refractivity contribution < 1.29 is 0 Å². The lowest BCUT2D eigenvalue weighted by atomic mass is 9.85. The Morgan fingerprint density at radius 2 is 0.706 bits per heavy atom. The molecule has 0 N–H and O–H groups in total. The van der Waals surface area contributed by atoms with Gasteiger partial charge in [-0.3, -0.25) is 0 Å². The van der Waals surface area contributed by atoms with E-state index in [0.29, 0.717) is 0 Å². The Bertz CT molecular complexity index is 3370. The number of hydrogen-bond donors (Lipinski definition) is 0. The van der Waals surface area contributed by atoms with E-state index in [4.69, 9.17) is 0 Å². The summed E-state index contributed by atoms with van der Waals surface area (Å²) < 4.78 is 8.09. The van der Waals surface area contributed by atoms with Gasteiger partial charge in [-0.1, -0.05) is 121 Å². The Morgan fingerprint density at radius 1 is 0.255 bits per heavy atom. The summed E-state index contributed by atoms with van der Waals surface area (Å²) in [7, 11) is 0. The van der Waals surface area contributed by atoms with Crippen LogP contribution in [0.15, 0.2) is 158 Å². The molecule has 0 atom stereocenters.